The van der Waals surface area contributed by atoms with Crippen molar-refractivity contribution in [2.24, 2.45) is 7.05 Å². The molecular formula is C13H16FN3. The summed E-state index contributed by atoms with van der Waals surface area (Å²) in [5.74, 6) is -0.172. The third-order valence-electron chi connectivity index (χ3n) is 2.70. The van der Waals surface area contributed by atoms with Gasteiger partial charge in [-0.3, -0.25) is 0 Å². The van der Waals surface area contributed by atoms with E-state index in [1.165, 1.54) is 6.07 Å². The molecule has 4 heteroatoms. The molecule has 0 saturated carbocycles. The van der Waals surface area contributed by atoms with E-state index in [0.717, 1.165) is 30.8 Å². The van der Waals surface area contributed by atoms with E-state index in [0.29, 0.717) is 0 Å². The van der Waals surface area contributed by atoms with Crippen molar-refractivity contribution < 1.29 is 4.39 Å². The summed E-state index contributed by atoms with van der Waals surface area (Å²) in [6, 6.07) is 6.72. The topological polar surface area (TPSA) is 29.9 Å². The molecule has 0 amide bonds. The molecule has 1 heterocycles. The van der Waals surface area contributed by atoms with Crippen LogP contribution < -0.4 is 5.32 Å². The molecule has 0 aliphatic carbocycles. The summed E-state index contributed by atoms with van der Waals surface area (Å²) in [7, 11) is 1.97. The fourth-order valence-electron chi connectivity index (χ4n) is 1.70. The van der Waals surface area contributed by atoms with Crippen LogP contribution in [0.5, 0.6) is 0 Å². The van der Waals surface area contributed by atoms with Crippen LogP contribution in [0.1, 0.15) is 11.3 Å². The van der Waals surface area contributed by atoms with Crippen LogP contribution >= 0.6 is 0 Å². The summed E-state index contributed by atoms with van der Waals surface area (Å²) in [5, 5.41) is 3.31. The van der Waals surface area contributed by atoms with Crippen molar-refractivity contribution in [3.63, 3.8) is 0 Å². The maximum absolute atomic E-state index is 12.9. The third-order valence-corrected chi connectivity index (χ3v) is 2.70. The van der Waals surface area contributed by atoms with Gasteiger partial charge in [-0.05, 0) is 30.7 Å². The van der Waals surface area contributed by atoms with Crippen LogP contribution in [0.4, 0.5) is 4.39 Å². The van der Waals surface area contributed by atoms with Gasteiger partial charge in [-0.25, -0.2) is 9.37 Å². The van der Waals surface area contributed by atoms with Gasteiger partial charge >= 0.3 is 0 Å². The first kappa shape index (κ1) is 11.8. The van der Waals surface area contributed by atoms with Crippen molar-refractivity contribution in [1.82, 2.24) is 14.9 Å². The second-order valence-electron chi connectivity index (χ2n) is 4.05. The van der Waals surface area contributed by atoms with Gasteiger partial charge in [0.2, 0.25) is 0 Å². The Balaban J connectivity index is 1.75. The highest BCUT2D eigenvalue weighted by Gasteiger charge is 1.98. The molecule has 2 aromatic rings. The standard InChI is InChI=1S/C13H16FN3/c1-17-10-16-9-13(17)8-15-6-5-11-3-2-4-12(14)7-11/h2-4,7,9-10,15H,5-6,8H2,1H3. The summed E-state index contributed by atoms with van der Waals surface area (Å²) < 4.78 is 14.9. The third kappa shape index (κ3) is 3.39. The average Bonchev–Trinajstić information content (AvgIpc) is 2.71. The smallest absolute Gasteiger partial charge is 0.123 e. The van der Waals surface area contributed by atoms with Crippen molar-refractivity contribution >= 4 is 0 Å². The first-order chi connectivity index (χ1) is 8.25. The van der Waals surface area contributed by atoms with Crippen molar-refractivity contribution in [1.29, 1.82) is 0 Å². The first-order valence-corrected chi connectivity index (χ1v) is 5.66. The van der Waals surface area contributed by atoms with Crippen LogP contribution in [0.25, 0.3) is 0 Å². The van der Waals surface area contributed by atoms with Gasteiger partial charge in [0.15, 0.2) is 0 Å². The van der Waals surface area contributed by atoms with E-state index in [4.69, 9.17) is 0 Å². The normalized spacial score (nSPS) is 10.7. The number of aromatic nitrogens is 2. The summed E-state index contributed by atoms with van der Waals surface area (Å²) in [6.45, 7) is 1.61. The van der Waals surface area contributed by atoms with E-state index in [-0.39, 0.29) is 5.82 Å². The van der Waals surface area contributed by atoms with Crippen LogP contribution in [0.2, 0.25) is 0 Å². The molecule has 0 aliphatic rings. The Labute approximate surface area is 100 Å². The number of benzene rings is 1. The highest BCUT2D eigenvalue weighted by Crippen LogP contribution is 2.03. The number of hydrogen-bond donors (Lipinski definition) is 1. The number of nitrogens with one attached hydrogen (secondary N) is 1. The SMILES string of the molecule is Cn1cncc1CNCCc1cccc(F)c1. The molecule has 1 aromatic carbocycles. The van der Waals surface area contributed by atoms with Crippen molar-refractivity contribution in [2.45, 2.75) is 13.0 Å². The minimum absolute atomic E-state index is 0.172. The summed E-state index contributed by atoms with van der Waals surface area (Å²) in [6.07, 6.45) is 4.45. The van der Waals surface area contributed by atoms with Gasteiger partial charge in [0.05, 0.1) is 12.0 Å². The largest absolute Gasteiger partial charge is 0.337 e. The second kappa shape index (κ2) is 5.59. The molecule has 0 fully saturated rings. The quantitative estimate of drug-likeness (QED) is 0.799. The molecule has 0 radical (unpaired) electrons. The lowest BCUT2D eigenvalue weighted by Crippen LogP contribution is -2.18. The van der Waals surface area contributed by atoms with Gasteiger partial charge < -0.3 is 9.88 Å². The van der Waals surface area contributed by atoms with E-state index in [9.17, 15) is 4.39 Å². The maximum Gasteiger partial charge on any atom is 0.123 e. The molecule has 0 spiro atoms. The molecule has 0 unspecified atom stereocenters. The van der Waals surface area contributed by atoms with E-state index in [1.807, 2.05) is 23.9 Å². The minimum Gasteiger partial charge on any atom is -0.337 e. The molecule has 0 bridgehead atoms. The number of imidazole rings is 1. The zero-order valence-electron chi connectivity index (χ0n) is 9.86. The molecule has 17 heavy (non-hydrogen) atoms. The Kier molecular flexibility index (Phi) is 3.88. The monoisotopic (exact) mass is 233 g/mol. The van der Waals surface area contributed by atoms with Gasteiger partial charge in [-0.1, -0.05) is 12.1 Å². The highest BCUT2D eigenvalue weighted by molar-refractivity contribution is 5.16. The lowest BCUT2D eigenvalue weighted by molar-refractivity contribution is 0.620. The van der Waals surface area contributed by atoms with Gasteiger partial charge in [-0.15, -0.1) is 0 Å². The molecule has 3 nitrogen and oxygen atoms in total. The molecule has 0 saturated heterocycles. The number of nitrogens with zero attached hydrogens (tertiary/aromatic N) is 2. The number of aryl methyl sites for hydroxylation is 1. The van der Waals surface area contributed by atoms with Crippen LogP contribution in [-0.4, -0.2) is 16.1 Å². The Morgan fingerprint density at radius 2 is 2.29 bits per heavy atom. The lowest BCUT2D eigenvalue weighted by Gasteiger charge is -2.05. The average molecular weight is 233 g/mol. The van der Waals surface area contributed by atoms with Crippen molar-refractivity contribution in [3.8, 4) is 0 Å². The van der Waals surface area contributed by atoms with E-state index >= 15 is 0 Å². The molecular weight excluding hydrogens is 217 g/mol. The summed E-state index contributed by atoms with van der Waals surface area (Å²) in [5.41, 5.74) is 2.16. The molecule has 90 valence electrons. The Morgan fingerprint density at radius 1 is 1.41 bits per heavy atom. The second-order valence-corrected chi connectivity index (χ2v) is 4.05. The van der Waals surface area contributed by atoms with Gasteiger partial charge in [-0.2, -0.15) is 0 Å². The number of hydrogen-bond acceptors (Lipinski definition) is 2. The van der Waals surface area contributed by atoms with Gasteiger partial charge in [0.1, 0.15) is 5.82 Å². The Hall–Kier alpha value is -1.68. The van der Waals surface area contributed by atoms with Crippen LogP contribution in [0.15, 0.2) is 36.8 Å². The van der Waals surface area contributed by atoms with Crippen LogP contribution in [0.3, 0.4) is 0 Å². The number of halogens is 1. The zero-order valence-corrected chi connectivity index (χ0v) is 9.86. The fraction of sp³-hybridized carbons (Fsp3) is 0.308. The van der Waals surface area contributed by atoms with Crippen molar-refractivity contribution in [2.75, 3.05) is 6.54 Å². The molecule has 1 aromatic heterocycles. The van der Waals surface area contributed by atoms with E-state index < -0.39 is 0 Å². The van der Waals surface area contributed by atoms with E-state index in [1.54, 1.807) is 18.5 Å². The summed E-state index contributed by atoms with van der Waals surface area (Å²) in [4.78, 5) is 4.04. The molecule has 0 atom stereocenters. The van der Waals surface area contributed by atoms with E-state index in [2.05, 4.69) is 10.3 Å². The van der Waals surface area contributed by atoms with Gasteiger partial charge in [0.25, 0.3) is 0 Å². The summed E-state index contributed by atoms with van der Waals surface area (Å²) >= 11 is 0. The molecule has 2 rings (SSSR count). The Bertz CT molecular complexity index is 479. The van der Waals surface area contributed by atoms with Crippen molar-refractivity contribution in [3.05, 3.63) is 53.9 Å². The van der Waals surface area contributed by atoms with Gasteiger partial charge in [0, 0.05) is 19.8 Å². The minimum atomic E-state index is -0.172. The Morgan fingerprint density at radius 3 is 3.00 bits per heavy atom. The highest BCUT2D eigenvalue weighted by atomic mass is 19.1. The predicted molar refractivity (Wildman–Crippen MR) is 65.0 cm³/mol. The lowest BCUT2D eigenvalue weighted by atomic mass is 10.1. The van der Waals surface area contributed by atoms with Crippen LogP contribution in [0, 0.1) is 5.82 Å². The molecule has 0 aliphatic heterocycles. The predicted octanol–water partition coefficient (Wildman–Crippen LogP) is 1.89. The number of rotatable bonds is 5. The maximum atomic E-state index is 12.9. The van der Waals surface area contributed by atoms with Crippen LogP contribution in [-0.2, 0) is 20.0 Å². The molecule has 1 N–H and O–H groups in total. The first-order valence-electron chi connectivity index (χ1n) is 5.66. The fourth-order valence-corrected chi connectivity index (χ4v) is 1.70. The zero-order chi connectivity index (χ0) is 12.1.